The zero-order chi connectivity index (χ0) is 11.5. The smallest absolute Gasteiger partial charge is 0.317 e. The van der Waals surface area contributed by atoms with Crippen molar-refractivity contribution in [2.75, 3.05) is 26.2 Å². The highest BCUT2D eigenvalue weighted by Crippen LogP contribution is 2.24. The van der Waals surface area contributed by atoms with Crippen LogP contribution in [0.3, 0.4) is 0 Å². The second kappa shape index (κ2) is 5.04. The van der Waals surface area contributed by atoms with Crippen LogP contribution in [0.25, 0.3) is 0 Å². The standard InChI is InChI=1S/C12H23N3O/c1-9(2)6-14-12(16)15-7-10-4-3-5-13-11(10)8-15/h9-11,13H,3-8H2,1-2H3,(H,14,16)/t10-,11+/m0/s1. The number of carbonyl (C=O) groups excluding carboxylic acids is 1. The summed E-state index contributed by atoms with van der Waals surface area (Å²) in [7, 11) is 0. The summed E-state index contributed by atoms with van der Waals surface area (Å²) in [5.41, 5.74) is 0. The number of fused-ring (bicyclic) bond motifs is 1. The minimum absolute atomic E-state index is 0.116. The minimum Gasteiger partial charge on any atom is -0.338 e. The molecule has 4 nitrogen and oxygen atoms in total. The summed E-state index contributed by atoms with van der Waals surface area (Å²) < 4.78 is 0. The lowest BCUT2D eigenvalue weighted by molar-refractivity contribution is 0.205. The Morgan fingerprint density at radius 3 is 3.00 bits per heavy atom. The highest BCUT2D eigenvalue weighted by Gasteiger charge is 2.36. The van der Waals surface area contributed by atoms with Crippen molar-refractivity contribution in [1.82, 2.24) is 15.5 Å². The first-order chi connectivity index (χ1) is 7.66. The molecule has 2 aliphatic heterocycles. The molecule has 92 valence electrons. The average Bonchev–Trinajstić information content (AvgIpc) is 2.69. The Hall–Kier alpha value is -0.770. The summed E-state index contributed by atoms with van der Waals surface area (Å²) in [4.78, 5) is 13.8. The molecule has 2 fully saturated rings. The number of urea groups is 1. The normalized spacial score (nSPS) is 29.3. The molecule has 2 N–H and O–H groups in total. The van der Waals surface area contributed by atoms with Crippen LogP contribution in [0, 0.1) is 11.8 Å². The third-order valence-corrected chi connectivity index (χ3v) is 3.55. The number of amides is 2. The van der Waals surface area contributed by atoms with Gasteiger partial charge in [-0.2, -0.15) is 0 Å². The van der Waals surface area contributed by atoms with E-state index in [1.165, 1.54) is 12.8 Å². The molecule has 0 saturated carbocycles. The van der Waals surface area contributed by atoms with E-state index in [9.17, 15) is 4.79 Å². The molecule has 2 rings (SSSR count). The van der Waals surface area contributed by atoms with Gasteiger partial charge in [0.15, 0.2) is 0 Å². The SMILES string of the molecule is CC(C)CNC(=O)N1C[C@@H]2CCCN[C@@H]2C1. The van der Waals surface area contributed by atoms with E-state index in [0.29, 0.717) is 17.9 Å². The molecule has 2 aliphatic rings. The summed E-state index contributed by atoms with van der Waals surface area (Å²) in [6, 6.07) is 0.656. The average molecular weight is 225 g/mol. The van der Waals surface area contributed by atoms with E-state index in [-0.39, 0.29) is 6.03 Å². The van der Waals surface area contributed by atoms with E-state index in [4.69, 9.17) is 0 Å². The van der Waals surface area contributed by atoms with Crippen molar-refractivity contribution in [3.63, 3.8) is 0 Å². The molecular formula is C12H23N3O. The zero-order valence-corrected chi connectivity index (χ0v) is 10.3. The van der Waals surface area contributed by atoms with Gasteiger partial charge in [0.2, 0.25) is 0 Å². The molecule has 2 atom stereocenters. The van der Waals surface area contributed by atoms with Crippen molar-refractivity contribution < 1.29 is 4.79 Å². The summed E-state index contributed by atoms with van der Waals surface area (Å²) in [6.07, 6.45) is 2.52. The van der Waals surface area contributed by atoms with Crippen LogP contribution in [-0.2, 0) is 0 Å². The highest BCUT2D eigenvalue weighted by molar-refractivity contribution is 5.74. The molecule has 0 aromatic carbocycles. The quantitative estimate of drug-likeness (QED) is 0.737. The van der Waals surface area contributed by atoms with E-state index >= 15 is 0 Å². The molecule has 0 bridgehead atoms. The number of rotatable bonds is 2. The Labute approximate surface area is 97.8 Å². The molecule has 0 aromatic rings. The van der Waals surface area contributed by atoms with Crippen molar-refractivity contribution in [2.45, 2.75) is 32.7 Å². The van der Waals surface area contributed by atoms with Crippen LogP contribution >= 0.6 is 0 Å². The zero-order valence-electron chi connectivity index (χ0n) is 10.3. The van der Waals surface area contributed by atoms with Gasteiger partial charge in [-0.25, -0.2) is 4.79 Å². The van der Waals surface area contributed by atoms with E-state index in [2.05, 4.69) is 24.5 Å². The number of hydrogen-bond donors (Lipinski definition) is 2. The van der Waals surface area contributed by atoms with Crippen molar-refractivity contribution in [2.24, 2.45) is 11.8 Å². The number of nitrogens with zero attached hydrogens (tertiary/aromatic N) is 1. The van der Waals surface area contributed by atoms with E-state index in [0.717, 1.165) is 26.2 Å². The topological polar surface area (TPSA) is 44.4 Å². The Morgan fingerprint density at radius 2 is 2.31 bits per heavy atom. The summed E-state index contributed by atoms with van der Waals surface area (Å²) in [5.74, 6) is 1.20. The van der Waals surface area contributed by atoms with Crippen LogP contribution in [-0.4, -0.2) is 43.2 Å². The second-order valence-electron chi connectivity index (χ2n) is 5.45. The van der Waals surface area contributed by atoms with Crippen molar-refractivity contribution >= 4 is 6.03 Å². The predicted octanol–water partition coefficient (Wildman–Crippen LogP) is 1.04. The van der Waals surface area contributed by atoms with Crippen molar-refractivity contribution in [1.29, 1.82) is 0 Å². The van der Waals surface area contributed by atoms with Crippen LogP contribution in [0.4, 0.5) is 4.79 Å². The van der Waals surface area contributed by atoms with Gasteiger partial charge in [-0.15, -0.1) is 0 Å². The molecular weight excluding hydrogens is 202 g/mol. The lowest BCUT2D eigenvalue weighted by Crippen LogP contribution is -2.43. The van der Waals surface area contributed by atoms with Crippen LogP contribution in [0.5, 0.6) is 0 Å². The monoisotopic (exact) mass is 225 g/mol. The molecule has 2 heterocycles. The largest absolute Gasteiger partial charge is 0.338 e. The molecule has 0 radical (unpaired) electrons. The molecule has 0 spiro atoms. The van der Waals surface area contributed by atoms with Gasteiger partial charge < -0.3 is 15.5 Å². The third kappa shape index (κ3) is 2.67. The Morgan fingerprint density at radius 1 is 1.50 bits per heavy atom. The van der Waals surface area contributed by atoms with Gasteiger partial charge in [-0.3, -0.25) is 0 Å². The maximum Gasteiger partial charge on any atom is 0.317 e. The lowest BCUT2D eigenvalue weighted by Gasteiger charge is -2.24. The fourth-order valence-electron chi connectivity index (χ4n) is 2.62. The van der Waals surface area contributed by atoms with Crippen LogP contribution < -0.4 is 10.6 Å². The van der Waals surface area contributed by atoms with Crippen LogP contribution in [0.2, 0.25) is 0 Å². The predicted molar refractivity (Wildman–Crippen MR) is 64.3 cm³/mol. The Balaban J connectivity index is 1.80. The second-order valence-corrected chi connectivity index (χ2v) is 5.45. The summed E-state index contributed by atoms with van der Waals surface area (Å²) >= 11 is 0. The number of likely N-dealkylation sites (tertiary alicyclic amines) is 1. The van der Waals surface area contributed by atoms with Gasteiger partial charge in [0.1, 0.15) is 0 Å². The molecule has 2 amide bonds. The number of piperidine rings is 1. The molecule has 0 unspecified atom stereocenters. The first-order valence-corrected chi connectivity index (χ1v) is 6.43. The molecule has 16 heavy (non-hydrogen) atoms. The fourth-order valence-corrected chi connectivity index (χ4v) is 2.62. The maximum atomic E-state index is 11.9. The highest BCUT2D eigenvalue weighted by atomic mass is 16.2. The number of hydrogen-bond acceptors (Lipinski definition) is 2. The Kier molecular flexibility index (Phi) is 3.69. The van der Waals surface area contributed by atoms with E-state index < -0.39 is 0 Å². The van der Waals surface area contributed by atoms with Gasteiger partial charge in [0.25, 0.3) is 0 Å². The van der Waals surface area contributed by atoms with Gasteiger partial charge >= 0.3 is 6.03 Å². The first-order valence-electron chi connectivity index (χ1n) is 6.43. The molecule has 0 aliphatic carbocycles. The van der Waals surface area contributed by atoms with Gasteiger partial charge in [0.05, 0.1) is 0 Å². The summed E-state index contributed by atoms with van der Waals surface area (Å²) in [6.45, 7) is 7.94. The Bertz CT molecular complexity index is 241. The molecule has 0 aromatic heterocycles. The van der Waals surface area contributed by atoms with Crippen molar-refractivity contribution in [3.8, 4) is 0 Å². The van der Waals surface area contributed by atoms with Crippen LogP contribution in [0.1, 0.15) is 26.7 Å². The van der Waals surface area contributed by atoms with E-state index in [1.807, 2.05) is 4.90 Å². The minimum atomic E-state index is 0.116. The number of carbonyl (C=O) groups is 1. The van der Waals surface area contributed by atoms with Crippen molar-refractivity contribution in [3.05, 3.63) is 0 Å². The lowest BCUT2D eigenvalue weighted by atomic mass is 9.94. The van der Waals surface area contributed by atoms with Gasteiger partial charge in [-0.05, 0) is 31.2 Å². The first kappa shape index (κ1) is 11.7. The molecule has 4 heteroatoms. The fraction of sp³-hybridized carbons (Fsp3) is 0.917. The molecule has 2 saturated heterocycles. The summed E-state index contributed by atoms with van der Waals surface area (Å²) in [5, 5.41) is 6.50. The van der Waals surface area contributed by atoms with Gasteiger partial charge in [-0.1, -0.05) is 13.8 Å². The van der Waals surface area contributed by atoms with E-state index in [1.54, 1.807) is 0 Å². The van der Waals surface area contributed by atoms with Gasteiger partial charge in [0, 0.05) is 25.7 Å². The number of nitrogens with one attached hydrogen (secondary N) is 2. The van der Waals surface area contributed by atoms with Crippen LogP contribution in [0.15, 0.2) is 0 Å². The third-order valence-electron chi connectivity index (χ3n) is 3.55. The maximum absolute atomic E-state index is 11.9.